The van der Waals surface area contributed by atoms with Gasteiger partial charge in [-0.15, -0.1) is 0 Å². The number of carboxylic acids is 1. The normalized spacial score (nSPS) is 14.6. The molecular formula is C31H37ClN4O9. The van der Waals surface area contributed by atoms with E-state index in [-0.39, 0.29) is 54.6 Å². The molecule has 2 heterocycles. The van der Waals surface area contributed by atoms with Crippen LogP contribution in [0.3, 0.4) is 0 Å². The quantitative estimate of drug-likeness (QED) is 0.141. The fraction of sp³-hybridized carbons (Fsp3) is 0.419. The number of aliphatic hydroxyl groups excluding tert-OH is 1. The van der Waals surface area contributed by atoms with Crippen LogP contribution in [-0.2, 0) is 25.7 Å². The maximum atomic E-state index is 12.7. The smallest absolute Gasteiger partial charge is 0.306 e. The van der Waals surface area contributed by atoms with Crippen molar-refractivity contribution in [2.75, 3.05) is 38.6 Å². The number of pyridine rings is 1. The number of carboxylic acid groups (broad SMARTS) is 1. The maximum absolute atomic E-state index is 12.7. The zero-order valence-electron chi connectivity index (χ0n) is 24.8. The number of aromatic hydroxyl groups is 1. The summed E-state index contributed by atoms with van der Waals surface area (Å²) < 4.78 is 10.9. The summed E-state index contributed by atoms with van der Waals surface area (Å²) in [4.78, 5) is 51.4. The van der Waals surface area contributed by atoms with Gasteiger partial charge in [0.2, 0.25) is 11.5 Å². The first kappa shape index (κ1) is 33.7. The minimum Gasteiger partial charge on any atom is -0.506 e. The number of phenolic OH excluding ortho intramolecular Hbond substituents is 1. The third-order valence-corrected chi connectivity index (χ3v) is 7.91. The first-order valence-electron chi connectivity index (χ1n) is 14.6. The maximum Gasteiger partial charge on any atom is 0.306 e. The largest absolute Gasteiger partial charge is 0.506 e. The molecule has 1 fully saturated rings. The topological polar surface area (TPSA) is 191 Å². The molecule has 0 aliphatic carbocycles. The number of piperidine rings is 1. The van der Waals surface area contributed by atoms with Gasteiger partial charge in [-0.25, -0.2) is 0 Å². The van der Waals surface area contributed by atoms with E-state index in [4.69, 9.17) is 26.2 Å². The molecule has 0 spiro atoms. The Bertz CT molecular complexity index is 1590. The number of benzene rings is 2. The predicted molar refractivity (Wildman–Crippen MR) is 167 cm³/mol. The third kappa shape index (κ3) is 9.41. The molecule has 2 aromatic carbocycles. The van der Waals surface area contributed by atoms with Gasteiger partial charge >= 0.3 is 11.9 Å². The Hall–Kier alpha value is -4.17. The van der Waals surface area contributed by atoms with Gasteiger partial charge in [-0.2, -0.15) is 0 Å². The average molecular weight is 645 g/mol. The minimum absolute atomic E-state index is 0.0880. The van der Waals surface area contributed by atoms with Gasteiger partial charge in [0.15, 0.2) is 0 Å². The summed E-state index contributed by atoms with van der Waals surface area (Å²) in [6.45, 7) is 2.26. The van der Waals surface area contributed by atoms with Crippen LogP contribution in [-0.4, -0.2) is 82.4 Å². The zero-order valence-corrected chi connectivity index (χ0v) is 25.6. The molecule has 1 aliphatic heterocycles. The Balaban J connectivity index is 1.25. The summed E-state index contributed by atoms with van der Waals surface area (Å²) in [6, 6.07) is 9.22. The van der Waals surface area contributed by atoms with Gasteiger partial charge in [-0.1, -0.05) is 17.7 Å². The van der Waals surface area contributed by atoms with Gasteiger partial charge in [0.1, 0.15) is 17.6 Å². The lowest BCUT2D eigenvalue weighted by atomic mass is 10.0. The fourth-order valence-electron chi connectivity index (χ4n) is 5.20. The second-order valence-electron chi connectivity index (χ2n) is 10.8. The van der Waals surface area contributed by atoms with Crippen molar-refractivity contribution in [2.24, 2.45) is 0 Å². The van der Waals surface area contributed by atoms with Crippen LogP contribution in [0.4, 0.5) is 5.69 Å². The van der Waals surface area contributed by atoms with E-state index in [2.05, 4.69) is 20.5 Å². The van der Waals surface area contributed by atoms with Crippen LogP contribution in [0.15, 0.2) is 41.2 Å². The number of H-pyrrole nitrogens is 1. The van der Waals surface area contributed by atoms with E-state index in [9.17, 15) is 29.4 Å². The number of aromatic amines is 1. The molecule has 0 bridgehead atoms. The Kier molecular flexibility index (Phi) is 11.8. The first-order valence-corrected chi connectivity index (χ1v) is 15.0. The van der Waals surface area contributed by atoms with Crippen molar-refractivity contribution in [1.29, 1.82) is 0 Å². The number of methoxy groups -OCH3 is 1. The summed E-state index contributed by atoms with van der Waals surface area (Å²) in [7, 11) is 1.50. The number of hydrogen-bond acceptors (Lipinski definition) is 10. The van der Waals surface area contributed by atoms with E-state index >= 15 is 0 Å². The number of rotatable bonds is 14. The second-order valence-corrected chi connectivity index (χ2v) is 11.2. The number of nitrogens with one attached hydrogen (secondary N) is 3. The molecule has 1 atom stereocenters. The third-order valence-electron chi connectivity index (χ3n) is 7.59. The molecule has 1 aromatic heterocycles. The van der Waals surface area contributed by atoms with Crippen molar-refractivity contribution in [3.63, 3.8) is 0 Å². The molecule has 3 aromatic rings. The number of amides is 1. The average Bonchev–Trinajstić information content (AvgIpc) is 3.01. The number of carbonyl (C=O) groups excluding carboxylic acids is 2. The van der Waals surface area contributed by atoms with Gasteiger partial charge in [0.25, 0.3) is 0 Å². The number of halogens is 1. The molecule has 1 aliphatic rings. The summed E-state index contributed by atoms with van der Waals surface area (Å²) in [5, 5.41) is 36.5. The number of hydrogen-bond donors (Lipinski definition) is 6. The van der Waals surface area contributed by atoms with Gasteiger partial charge in [0, 0.05) is 62.2 Å². The highest BCUT2D eigenvalue weighted by Crippen LogP contribution is 2.32. The molecule has 1 saturated heterocycles. The highest BCUT2D eigenvalue weighted by atomic mass is 35.5. The second kappa shape index (κ2) is 15.7. The molecule has 1 amide bonds. The summed E-state index contributed by atoms with van der Waals surface area (Å²) in [6.07, 6.45) is -0.139. The summed E-state index contributed by atoms with van der Waals surface area (Å²) in [5.74, 6) is -1.37. The molecule has 6 N–H and O–H groups in total. The highest BCUT2D eigenvalue weighted by molar-refractivity contribution is 6.33. The Labute approximate surface area is 264 Å². The van der Waals surface area contributed by atoms with Crippen LogP contribution < -0.4 is 20.9 Å². The van der Waals surface area contributed by atoms with E-state index in [0.717, 1.165) is 0 Å². The molecule has 0 unspecified atom stereocenters. The SMILES string of the molecule is COc1cc(NC(=O)CCN2CCC(OC(=O)CCC(=O)O)CC2)c(Cl)cc1CNC[C@H](O)c1ccc(O)c2[nH]c(=O)ccc12. The van der Waals surface area contributed by atoms with E-state index in [0.29, 0.717) is 72.0 Å². The number of carbonyl (C=O) groups is 3. The van der Waals surface area contributed by atoms with Crippen LogP contribution in [0.1, 0.15) is 49.3 Å². The van der Waals surface area contributed by atoms with Crippen molar-refractivity contribution in [2.45, 2.75) is 50.9 Å². The lowest BCUT2D eigenvalue weighted by Gasteiger charge is -2.31. The number of ether oxygens (including phenoxy) is 2. The van der Waals surface area contributed by atoms with Crippen LogP contribution >= 0.6 is 11.6 Å². The lowest BCUT2D eigenvalue weighted by Crippen LogP contribution is -2.39. The van der Waals surface area contributed by atoms with Gasteiger partial charge in [-0.05, 0) is 36.6 Å². The molecule has 242 valence electrons. The van der Waals surface area contributed by atoms with Crippen LogP contribution in [0.25, 0.3) is 10.9 Å². The monoisotopic (exact) mass is 644 g/mol. The van der Waals surface area contributed by atoms with E-state index in [1.807, 2.05) is 0 Å². The number of likely N-dealkylation sites (tertiary alicyclic amines) is 1. The van der Waals surface area contributed by atoms with Gasteiger partial charge in [-0.3, -0.25) is 19.2 Å². The molecule has 0 saturated carbocycles. The van der Waals surface area contributed by atoms with Crippen molar-refractivity contribution < 1.29 is 39.2 Å². The van der Waals surface area contributed by atoms with Crippen LogP contribution in [0.5, 0.6) is 11.5 Å². The molecule has 4 rings (SSSR count). The van der Waals surface area contributed by atoms with Crippen LogP contribution in [0.2, 0.25) is 5.02 Å². The number of aromatic nitrogens is 1. The predicted octanol–water partition coefficient (Wildman–Crippen LogP) is 2.92. The van der Waals surface area contributed by atoms with Crippen molar-refractivity contribution in [3.8, 4) is 11.5 Å². The number of fused-ring (bicyclic) bond motifs is 1. The summed E-state index contributed by atoms with van der Waals surface area (Å²) >= 11 is 6.49. The zero-order chi connectivity index (χ0) is 32.5. The molecule has 13 nitrogen and oxygen atoms in total. The van der Waals surface area contributed by atoms with Crippen molar-refractivity contribution >= 4 is 46.0 Å². The number of esters is 1. The van der Waals surface area contributed by atoms with Gasteiger partial charge < -0.3 is 45.3 Å². The van der Waals surface area contributed by atoms with Crippen molar-refractivity contribution in [1.82, 2.24) is 15.2 Å². The minimum atomic E-state index is -1.04. The first-order chi connectivity index (χ1) is 21.5. The number of aliphatic carboxylic acids is 1. The van der Waals surface area contributed by atoms with Gasteiger partial charge in [0.05, 0.1) is 42.3 Å². The Morgan fingerprint density at radius 1 is 1.11 bits per heavy atom. The van der Waals surface area contributed by atoms with E-state index < -0.39 is 18.0 Å². The molecule has 14 heteroatoms. The molecular weight excluding hydrogens is 608 g/mol. The molecule has 0 radical (unpaired) electrons. The number of nitrogens with zero attached hydrogens (tertiary/aromatic N) is 1. The number of phenols is 1. The summed E-state index contributed by atoms with van der Waals surface area (Å²) in [5.41, 5.74) is 1.54. The van der Waals surface area contributed by atoms with Crippen LogP contribution in [0, 0.1) is 0 Å². The van der Waals surface area contributed by atoms with Crippen molar-refractivity contribution in [3.05, 3.63) is 62.9 Å². The standard InChI is InChI=1S/C31H37ClN4O9/c1-44-26-15-23(34-28(40)10-13-36-11-8-19(9-12-36)45-30(43)7-6-29(41)42)22(32)14-18(26)16-33-17-25(38)20-2-4-24(37)31-21(20)3-5-27(39)35-31/h2-5,14-15,19,25,33,37-38H,6-13,16-17H2,1H3,(H,34,40)(H,35,39)(H,41,42)/t25-/m0/s1. The number of anilines is 1. The molecule has 45 heavy (non-hydrogen) atoms. The Morgan fingerprint density at radius 2 is 1.87 bits per heavy atom. The highest BCUT2D eigenvalue weighted by Gasteiger charge is 2.23. The Morgan fingerprint density at radius 3 is 2.58 bits per heavy atom. The fourth-order valence-corrected chi connectivity index (χ4v) is 5.43. The lowest BCUT2D eigenvalue weighted by molar-refractivity contribution is -0.153. The number of aliphatic hydroxyl groups is 1. The van der Waals surface area contributed by atoms with E-state index in [1.54, 1.807) is 24.3 Å². The van der Waals surface area contributed by atoms with E-state index in [1.165, 1.54) is 19.2 Å².